The topological polar surface area (TPSA) is 115 Å². The van der Waals surface area contributed by atoms with Gasteiger partial charge in [0.1, 0.15) is 0 Å². The minimum absolute atomic E-state index is 0.0787. The van der Waals surface area contributed by atoms with Crippen LogP contribution in [0.4, 0.5) is 11.4 Å². The fraction of sp³-hybridized carbons (Fsp3) is 0.278. The van der Waals surface area contributed by atoms with E-state index in [1.54, 1.807) is 48.8 Å². The first-order chi connectivity index (χ1) is 21.4. The quantitative estimate of drug-likeness (QED) is 0.232. The summed E-state index contributed by atoms with van der Waals surface area (Å²) >= 11 is 0. The molecule has 3 aromatic carbocycles. The summed E-state index contributed by atoms with van der Waals surface area (Å²) in [7, 11) is 0. The summed E-state index contributed by atoms with van der Waals surface area (Å²) in [4.78, 5) is 34.9. The molecule has 1 aromatic heterocycles. The molecule has 0 radical (unpaired) electrons. The number of nitrogens with one attached hydrogen (secondary N) is 1. The lowest BCUT2D eigenvalue weighted by atomic mass is 9.97. The van der Waals surface area contributed by atoms with Crippen LogP contribution < -0.4 is 16.0 Å². The van der Waals surface area contributed by atoms with E-state index in [0.29, 0.717) is 48.7 Å². The third kappa shape index (κ3) is 7.49. The number of benzene rings is 3. The van der Waals surface area contributed by atoms with E-state index >= 15 is 0 Å². The molecule has 1 saturated heterocycles. The van der Waals surface area contributed by atoms with E-state index in [9.17, 15) is 9.59 Å². The molecule has 224 valence electrons. The van der Waals surface area contributed by atoms with Crippen molar-refractivity contribution >= 4 is 23.2 Å². The third-order valence-corrected chi connectivity index (χ3v) is 8.11. The van der Waals surface area contributed by atoms with Gasteiger partial charge < -0.3 is 20.9 Å². The number of nitriles is 1. The Hall–Kier alpha value is -5.00. The maximum absolute atomic E-state index is 13.3. The first-order valence-corrected chi connectivity index (χ1v) is 15.1. The van der Waals surface area contributed by atoms with Gasteiger partial charge in [-0.1, -0.05) is 31.2 Å². The van der Waals surface area contributed by atoms with Gasteiger partial charge in [0.15, 0.2) is 0 Å². The molecule has 0 saturated carbocycles. The smallest absolute Gasteiger partial charge is 0.255 e. The van der Waals surface area contributed by atoms with Crippen LogP contribution in [0.3, 0.4) is 0 Å². The Balaban J connectivity index is 1.43. The number of amides is 2. The monoisotopic (exact) mass is 586 g/mol. The number of hydrogen-bond donors (Lipinski definition) is 2. The molecular weight excluding hydrogens is 548 g/mol. The average Bonchev–Trinajstić information content (AvgIpc) is 3.07. The van der Waals surface area contributed by atoms with Gasteiger partial charge in [0.05, 0.1) is 28.6 Å². The van der Waals surface area contributed by atoms with Crippen molar-refractivity contribution in [1.82, 2.24) is 9.88 Å². The molecule has 4 aromatic rings. The van der Waals surface area contributed by atoms with Crippen LogP contribution in [0, 0.1) is 17.2 Å². The van der Waals surface area contributed by atoms with Crippen molar-refractivity contribution in [3.63, 3.8) is 0 Å². The standard InChI is InChI=1S/C36H38N6O2/c1-26-14-19-41(20-15-26)34-13-12-31(22-33(34)40-35(43)29-10-8-27(23-38)9-11-29)30-6-2-5-28(21-30)25-42(18-4-16-37)36(44)32-7-3-17-39-24-32/h2-3,5-13,17,21-22,24,26H,4,14-16,18-20,25,37H2,1H3,(H,40,43). The fourth-order valence-corrected chi connectivity index (χ4v) is 5.51. The number of anilines is 2. The van der Waals surface area contributed by atoms with Crippen LogP contribution in [-0.4, -0.2) is 47.9 Å². The highest BCUT2D eigenvalue weighted by molar-refractivity contribution is 6.06. The number of carbonyl (C=O) groups is 2. The van der Waals surface area contributed by atoms with Crippen molar-refractivity contribution in [2.75, 3.05) is 36.4 Å². The number of aromatic nitrogens is 1. The molecule has 0 bridgehead atoms. The van der Waals surface area contributed by atoms with Crippen LogP contribution >= 0.6 is 0 Å². The largest absolute Gasteiger partial charge is 0.370 e. The SMILES string of the molecule is CC1CCN(c2ccc(-c3cccc(CN(CCCN)C(=O)c4cccnc4)c3)cc2NC(=O)c2ccc(C#N)cc2)CC1. The van der Waals surface area contributed by atoms with E-state index in [-0.39, 0.29) is 11.8 Å². The van der Waals surface area contributed by atoms with Gasteiger partial charge in [0.25, 0.3) is 11.8 Å². The molecule has 1 aliphatic heterocycles. The van der Waals surface area contributed by atoms with Gasteiger partial charge >= 0.3 is 0 Å². The highest BCUT2D eigenvalue weighted by Crippen LogP contribution is 2.35. The van der Waals surface area contributed by atoms with Gasteiger partial charge in [-0.05, 0) is 103 Å². The van der Waals surface area contributed by atoms with Crippen molar-refractivity contribution in [2.45, 2.75) is 32.7 Å². The molecule has 0 unspecified atom stereocenters. The number of nitrogens with zero attached hydrogens (tertiary/aromatic N) is 4. The second-order valence-corrected chi connectivity index (χ2v) is 11.4. The number of nitrogens with two attached hydrogens (primary N) is 1. The minimum Gasteiger partial charge on any atom is -0.370 e. The molecular formula is C36H38N6O2. The van der Waals surface area contributed by atoms with Gasteiger partial charge in [-0.3, -0.25) is 14.6 Å². The van der Waals surface area contributed by atoms with Crippen LogP contribution in [0.15, 0.2) is 91.3 Å². The molecule has 0 atom stereocenters. The highest BCUT2D eigenvalue weighted by Gasteiger charge is 2.21. The molecule has 5 rings (SSSR count). The summed E-state index contributed by atoms with van der Waals surface area (Å²) in [5.41, 5.74) is 12.0. The summed E-state index contributed by atoms with van der Waals surface area (Å²) in [5, 5.41) is 12.3. The molecule has 3 N–H and O–H groups in total. The first-order valence-electron chi connectivity index (χ1n) is 15.1. The van der Waals surface area contributed by atoms with Crippen LogP contribution in [0.2, 0.25) is 0 Å². The molecule has 2 heterocycles. The second kappa shape index (κ2) is 14.5. The zero-order chi connectivity index (χ0) is 30.9. The van der Waals surface area contributed by atoms with E-state index in [1.165, 1.54) is 0 Å². The van der Waals surface area contributed by atoms with Crippen molar-refractivity contribution in [3.8, 4) is 17.2 Å². The van der Waals surface area contributed by atoms with E-state index < -0.39 is 0 Å². The molecule has 2 amide bonds. The Morgan fingerprint density at radius 1 is 1.00 bits per heavy atom. The van der Waals surface area contributed by atoms with Crippen LogP contribution in [0.5, 0.6) is 0 Å². The maximum Gasteiger partial charge on any atom is 0.255 e. The molecule has 8 heteroatoms. The molecule has 0 spiro atoms. The van der Waals surface area contributed by atoms with Crippen LogP contribution in [0.1, 0.15) is 58.0 Å². The zero-order valence-corrected chi connectivity index (χ0v) is 25.1. The Kier molecular flexibility index (Phi) is 10.0. The van der Waals surface area contributed by atoms with Crippen molar-refractivity contribution in [2.24, 2.45) is 11.7 Å². The lowest BCUT2D eigenvalue weighted by Gasteiger charge is -2.33. The zero-order valence-electron chi connectivity index (χ0n) is 25.1. The number of hydrogen-bond acceptors (Lipinski definition) is 6. The van der Waals surface area contributed by atoms with Gasteiger partial charge in [0.2, 0.25) is 0 Å². The lowest BCUT2D eigenvalue weighted by Crippen LogP contribution is -2.33. The van der Waals surface area contributed by atoms with E-state index in [2.05, 4.69) is 46.4 Å². The third-order valence-electron chi connectivity index (χ3n) is 8.11. The van der Waals surface area contributed by atoms with Gasteiger partial charge in [-0.25, -0.2) is 0 Å². The minimum atomic E-state index is -0.225. The number of rotatable bonds is 10. The van der Waals surface area contributed by atoms with Crippen LogP contribution in [0.25, 0.3) is 11.1 Å². The Bertz CT molecular complexity index is 1620. The van der Waals surface area contributed by atoms with E-state index in [4.69, 9.17) is 11.0 Å². The normalized spacial score (nSPS) is 13.2. The van der Waals surface area contributed by atoms with Crippen molar-refractivity contribution in [3.05, 3.63) is 114 Å². The second-order valence-electron chi connectivity index (χ2n) is 11.4. The molecule has 44 heavy (non-hydrogen) atoms. The highest BCUT2D eigenvalue weighted by atomic mass is 16.2. The summed E-state index contributed by atoms with van der Waals surface area (Å²) in [6.07, 6.45) is 6.15. The number of pyridine rings is 1. The predicted molar refractivity (Wildman–Crippen MR) is 174 cm³/mol. The molecule has 0 aliphatic carbocycles. The van der Waals surface area contributed by atoms with E-state index in [1.807, 2.05) is 29.2 Å². The molecule has 8 nitrogen and oxygen atoms in total. The lowest BCUT2D eigenvalue weighted by molar-refractivity contribution is 0.0741. The van der Waals surface area contributed by atoms with Gasteiger partial charge in [-0.15, -0.1) is 0 Å². The van der Waals surface area contributed by atoms with Gasteiger partial charge in [0, 0.05) is 44.1 Å². The Morgan fingerprint density at radius 2 is 1.77 bits per heavy atom. The average molecular weight is 587 g/mol. The Labute approximate surface area is 259 Å². The summed E-state index contributed by atoms with van der Waals surface area (Å²) in [6.45, 7) is 5.62. The van der Waals surface area contributed by atoms with Crippen molar-refractivity contribution in [1.29, 1.82) is 5.26 Å². The molecule has 1 aliphatic rings. The van der Waals surface area contributed by atoms with Crippen molar-refractivity contribution < 1.29 is 9.59 Å². The number of carbonyl (C=O) groups excluding carboxylic acids is 2. The fourth-order valence-electron chi connectivity index (χ4n) is 5.51. The first kappa shape index (κ1) is 30.5. The van der Waals surface area contributed by atoms with E-state index in [0.717, 1.165) is 54.0 Å². The predicted octanol–water partition coefficient (Wildman–Crippen LogP) is 6.10. The summed E-state index contributed by atoms with van der Waals surface area (Å²) in [5.74, 6) is 0.376. The Morgan fingerprint density at radius 3 is 2.48 bits per heavy atom. The summed E-state index contributed by atoms with van der Waals surface area (Å²) in [6, 6.07) is 26.7. The molecule has 1 fully saturated rings. The summed E-state index contributed by atoms with van der Waals surface area (Å²) < 4.78 is 0. The maximum atomic E-state index is 13.3. The van der Waals surface area contributed by atoms with Crippen LogP contribution in [-0.2, 0) is 6.54 Å². The van der Waals surface area contributed by atoms with Gasteiger partial charge in [-0.2, -0.15) is 5.26 Å². The number of piperidine rings is 1.